The Bertz CT molecular complexity index is 412. The van der Waals surface area contributed by atoms with Gasteiger partial charge < -0.3 is 15.4 Å². The van der Waals surface area contributed by atoms with Crippen LogP contribution in [0.4, 0.5) is 5.69 Å². The van der Waals surface area contributed by atoms with Crippen molar-refractivity contribution >= 4 is 11.3 Å². The van der Waals surface area contributed by atoms with Gasteiger partial charge in [0.2, 0.25) is 0 Å². The first kappa shape index (κ1) is 11.0. The van der Waals surface area contributed by atoms with Crippen molar-refractivity contribution in [1.82, 2.24) is 4.90 Å². The number of nitrogens with zero attached hydrogens (tertiary/aromatic N) is 1. The summed E-state index contributed by atoms with van der Waals surface area (Å²) in [6, 6.07) is 5.98. The van der Waals surface area contributed by atoms with E-state index >= 15 is 0 Å². The molecule has 16 heavy (non-hydrogen) atoms. The van der Waals surface area contributed by atoms with Crippen molar-refractivity contribution in [2.75, 3.05) is 33.0 Å². The second-order valence-electron chi connectivity index (χ2n) is 4.21. The lowest BCUT2D eigenvalue weighted by Gasteiger charge is -2.23. The molecule has 0 saturated heterocycles. The molecule has 2 rings (SSSR count). The van der Waals surface area contributed by atoms with Crippen LogP contribution in [0.5, 0.6) is 5.75 Å². The molecule has 1 aliphatic heterocycles. The lowest BCUT2D eigenvalue weighted by atomic mass is 10.0. The smallest absolute Gasteiger partial charge is 0.142 e. The molecule has 3 heteroatoms. The van der Waals surface area contributed by atoms with Gasteiger partial charge in [-0.2, -0.15) is 0 Å². The average Bonchev–Trinajstić information content (AvgIpc) is 2.29. The van der Waals surface area contributed by atoms with E-state index in [2.05, 4.69) is 24.1 Å². The van der Waals surface area contributed by atoms with Crippen molar-refractivity contribution in [1.29, 1.82) is 0 Å². The summed E-state index contributed by atoms with van der Waals surface area (Å²) in [4.78, 5) is 2.32. The summed E-state index contributed by atoms with van der Waals surface area (Å²) >= 11 is 0. The third-order valence-corrected chi connectivity index (χ3v) is 2.95. The van der Waals surface area contributed by atoms with Gasteiger partial charge in [-0.1, -0.05) is 12.1 Å². The number of benzene rings is 1. The molecule has 2 N–H and O–H groups in total. The predicted octanol–water partition coefficient (Wildman–Crippen LogP) is 2.00. The second-order valence-corrected chi connectivity index (χ2v) is 4.21. The van der Waals surface area contributed by atoms with Crippen LogP contribution in [-0.2, 0) is 0 Å². The average molecular weight is 218 g/mol. The summed E-state index contributed by atoms with van der Waals surface area (Å²) in [7, 11) is 3.79. The molecule has 0 aromatic heterocycles. The van der Waals surface area contributed by atoms with Gasteiger partial charge in [-0.05, 0) is 36.7 Å². The highest BCUT2D eigenvalue weighted by Gasteiger charge is 2.11. The van der Waals surface area contributed by atoms with Crippen LogP contribution in [0.25, 0.3) is 5.57 Å². The van der Waals surface area contributed by atoms with Crippen LogP contribution >= 0.6 is 0 Å². The normalized spacial score (nSPS) is 17.0. The molecular formula is C13H18N2O. The van der Waals surface area contributed by atoms with Crippen LogP contribution in [0.2, 0.25) is 0 Å². The van der Waals surface area contributed by atoms with Gasteiger partial charge in [0.25, 0.3) is 0 Å². The summed E-state index contributed by atoms with van der Waals surface area (Å²) in [6.45, 7) is 2.13. The van der Waals surface area contributed by atoms with Crippen LogP contribution in [0.3, 0.4) is 0 Å². The highest BCUT2D eigenvalue weighted by Crippen LogP contribution is 2.27. The maximum Gasteiger partial charge on any atom is 0.142 e. The van der Waals surface area contributed by atoms with E-state index in [0.29, 0.717) is 5.69 Å². The molecule has 0 bridgehead atoms. The van der Waals surface area contributed by atoms with Gasteiger partial charge in [0.15, 0.2) is 0 Å². The molecule has 0 unspecified atom stereocenters. The van der Waals surface area contributed by atoms with Crippen LogP contribution in [0.15, 0.2) is 24.3 Å². The highest BCUT2D eigenvalue weighted by atomic mass is 16.5. The molecule has 1 aromatic rings. The summed E-state index contributed by atoms with van der Waals surface area (Å²) in [5.41, 5.74) is 9.05. The fraction of sp³-hybridized carbons (Fsp3) is 0.385. The Labute approximate surface area is 96.5 Å². The minimum atomic E-state index is 0.691. The Hall–Kier alpha value is -1.48. The van der Waals surface area contributed by atoms with Gasteiger partial charge >= 0.3 is 0 Å². The van der Waals surface area contributed by atoms with Gasteiger partial charge in [0.05, 0.1) is 12.8 Å². The van der Waals surface area contributed by atoms with E-state index < -0.39 is 0 Å². The van der Waals surface area contributed by atoms with E-state index in [1.807, 2.05) is 12.1 Å². The third kappa shape index (κ3) is 2.19. The van der Waals surface area contributed by atoms with E-state index in [0.717, 1.165) is 25.3 Å². The molecule has 3 nitrogen and oxygen atoms in total. The molecule has 0 saturated carbocycles. The quantitative estimate of drug-likeness (QED) is 0.772. The number of nitrogens with two attached hydrogens (primary N) is 1. The molecule has 0 radical (unpaired) electrons. The molecule has 0 fully saturated rings. The molecule has 1 heterocycles. The number of anilines is 1. The summed E-state index contributed by atoms with van der Waals surface area (Å²) < 4.78 is 5.24. The van der Waals surface area contributed by atoms with E-state index in [-0.39, 0.29) is 0 Å². The second kappa shape index (κ2) is 4.58. The predicted molar refractivity (Wildman–Crippen MR) is 67.5 cm³/mol. The first-order chi connectivity index (χ1) is 7.70. The molecule has 0 amide bonds. The zero-order valence-corrected chi connectivity index (χ0v) is 9.86. The molecule has 1 aromatic carbocycles. The Balaban J connectivity index is 2.30. The van der Waals surface area contributed by atoms with Gasteiger partial charge in [0.1, 0.15) is 5.75 Å². The van der Waals surface area contributed by atoms with E-state index in [9.17, 15) is 0 Å². The van der Waals surface area contributed by atoms with Crippen molar-refractivity contribution in [2.24, 2.45) is 0 Å². The number of nitrogen functional groups attached to an aromatic ring is 1. The van der Waals surface area contributed by atoms with Gasteiger partial charge in [0, 0.05) is 13.1 Å². The lowest BCUT2D eigenvalue weighted by molar-refractivity contribution is 0.372. The first-order valence-corrected chi connectivity index (χ1v) is 5.52. The number of ether oxygens (including phenoxy) is 1. The van der Waals surface area contributed by atoms with Crippen LogP contribution in [-0.4, -0.2) is 32.1 Å². The largest absolute Gasteiger partial charge is 0.495 e. The Kier molecular flexibility index (Phi) is 3.15. The number of likely N-dealkylation sites (N-methyl/N-ethyl adjacent to an activating group) is 1. The molecule has 86 valence electrons. The Morgan fingerprint density at radius 2 is 2.19 bits per heavy atom. The van der Waals surface area contributed by atoms with Gasteiger partial charge in [-0.25, -0.2) is 0 Å². The number of hydrogen-bond donors (Lipinski definition) is 1. The van der Waals surface area contributed by atoms with E-state index in [1.54, 1.807) is 7.11 Å². The zero-order valence-electron chi connectivity index (χ0n) is 9.86. The minimum absolute atomic E-state index is 0.691. The van der Waals surface area contributed by atoms with Crippen LogP contribution in [0, 0.1) is 0 Å². The molecule has 0 aliphatic carbocycles. The van der Waals surface area contributed by atoms with E-state index in [1.165, 1.54) is 11.1 Å². The Morgan fingerprint density at radius 3 is 2.88 bits per heavy atom. The van der Waals surface area contributed by atoms with Crippen molar-refractivity contribution in [3.8, 4) is 5.75 Å². The van der Waals surface area contributed by atoms with Gasteiger partial charge in [-0.3, -0.25) is 0 Å². The topological polar surface area (TPSA) is 38.5 Å². The van der Waals surface area contributed by atoms with Crippen LogP contribution < -0.4 is 10.5 Å². The van der Waals surface area contributed by atoms with Gasteiger partial charge in [-0.15, -0.1) is 0 Å². The molecule has 0 spiro atoms. The molecular weight excluding hydrogens is 200 g/mol. The number of methoxy groups -OCH3 is 1. The van der Waals surface area contributed by atoms with Crippen LogP contribution in [0.1, 0.15) is 12.0 Å². The third-order valence-electron chi connectivity index (χ3n) is 2.95. The summed E-state index contributed by atoms with van der Waals surface area (Å²) in [5, 5.41) is 0. The minimum Gasteiger partial charge on any atom is -0.495 e. The zero-order chi connectivity index (χ0) is 11.5. The Morgan fingerprint density at radius 1 is 1.38 bits per heavy atom. The fourth-order valence-electron chi connectivity index (χ4n) is 2.01. The maximum atomic E-state index is 5.80. The summed E-state index contributed by atoms with van der Waals surface area (Å²) in [6.07, 6.45) is 3.41. The molecule has 1 aliphatic rings. The fourth-order valence-corrected chi connectivity index (χ4v) is 2.01. The van der Waals surface area contributed by atoms with Crippen molar-refractivity contribution < 1.29 is 4.74 Å². The monoisotopic (exact) mass is 218 g/mol. The molecule has 0 atom stereocenters. The van der Waals surface area contributed by atoms with Crippen molar-refractivity contribution in [3.63, 3.8) is 0 Å². The SMILES string of the molecule is COc1cc(C2=CCCN(C)C2)ccc1N. The number of rotatable bonds is 2. The maximum absolute atomic E-state index is 5.80. The highest BCUT2D eigenvalue weighted by molar-refractivity contribution is 5.71. The van der Waals surface area contributed by atoms with Crippen molar-refractivity contribution in [3.05, 3.63) is 29.8 Å². The standard InChI is InChI=1S/C13H18N2O/c1-15-7-3-4-11(9-15)10-5-6-12(14)13(8-10)16-2/h4-6,8H,3,7,9,14H2,1-2H3. The summed E-state index contributed by atoms with van der Waals surface area (Å²) in [5.74, 6) is 0.756. The lowest BCUT2D eigenvalue weighted by Crippen LogP contribution is -2.24. The van der Waals surface area contributed by atoms with E-state index in [4.69, 9.17) is 10.5 Å². The first-order valence-electron chi connectivity index (χ1n) is 5.52. The van der Waals surface area contributed by atoms with Crippen molar-refractivity contribution in [2.45, 2.75) is 6.42 Å². The number of hydrogen-bond acceptors (Lipinski definition) is 3.